The summed E-state index contributed by atoms with van der Waals surface area (Å²) in [6.45, 7) is 1.54. The van der Waals surface area contributed by atoms with E-state index in [1.165, 1.54) is 12.1 Å². The standard InChI is InChI=1S/C24H24BrClN2O4S/c1-17(19-5-11-22(32-2)12-6-19)27-24(29)16-28(15-18-3-9-21(26)10-4-18)33(30,31)23-13-7-20(25)8-14-23/h3-14,17H,15-16H2,1-2H3,(H,27,29)/t17-/m1/s1. The number of nitrogens with zero attached hydrogens (tertiary/aromatic N) is 1. The molecule has 0 fully saturated rings. The first-order valence-electron chi connectivity index (χ1n) is 10.1. The summed E-state index contributed by atoms with van der Waals surface area (Å²) in [5.74, 6) is 0.306. The Hall–Kier alpha value is -2.39. The van der Waals surface area contributed by atoms with Crippen LogP contribution in [0.25, 0.3) is 0 Å². The zero-order chi connectivity index (χ0) is 24.0. The molecule has 3 rings (SSSR count). The molecule has 3 aromatic carbocycles. The molecule has 1 amide bonds. The molecule has 3 aromatic rings. The normalized spacial score (nSPS) is 12.4. The van der Waals surface area contributed by atoms with Crippen LogP contribution in [-0.4, -0.2) is 32.3 Å². The lowest BCUT2D eigenvalue weighted by molar-refractivity contribution is -0.122. The van der Waals surface area contributed by atoms with Crippen molar-refractivity contribution in [2.75, 3.05) is 13.7 Å². The van der Waals surface area contributed by atoms with E-state index in [-0.39, 0.29) is 24.0 Å². The Kier molecular flexibility index (Phi) is 8.53. The Balaban J connectivity index is 1.81. The molecule has 0 aliphatic rings. The molecule has 0 aliphatic heterocycles. The van der Waals surface area contributed by atoms with Gasteiger partial charge in [-0.25, -0.2) is 8.42 Å². The van der Waals surface area contributed by atoms with Gasteiger partial charge in [0.25, 0.3) is 0 Å². The summed E-state index contributed by atoms with van der Waals surface area (Å²) in [5.41, 5.74) is 1.60. The first-order valence-corrected chi connectivity index (χ1v) is 12.7. The van der Waals surface area contributed by atoms with Crippen molar-refractivity contribution in [3.05, 3.63) is 93.4 Å². The minimum Gasteiger partial charge on any atom is -0.497 e. The van der Waals surface area contributed by atoms with Gasteiger partial charge in [0.2, 0.25) is 15.9 Å². The number of nitrogens with one attached hydrogen (secondary N) is 1. The van der Waals surface area contributed by atoms with Gasteiger partial charge in [-0.2, -0.15) is 4.31 Å². The van der Waals surface area contributed by atoms with Gasteiger partial charge >= 0.3 is 0 Å². The van der Waals surface area contributed by atoms with Gasteiger partial charge in [0.05, 0.1) is 24.6 Å². The molecule has 0 saturated carbocycles. The molecule has 0 bridgehead atoms. The monoisotopic (exact) mass is 550 g/mol. The summed E-state index contributed by atoms with van der Waals surface area (Å²) in [5, 5.41) is 3.43. The van der Waals surface area contributed by atoms with Crippen LogP contribution in [0.5, 0.6) is 5.75 Å². The second-order valence-corrected chi connectivity index (χ2v) is 10.7. The van der Waals surface area contributed by atoms with E-state index in [4.69, 9.17) is 16.3 Å². The quantitative estimate of drug-likeness (QED) is 0.398. The van der Waals surface area contributed by atoms with Crippen LogP contribution < -0.4 is 10.1 Å². The SMILES string of the molecule is COc1ccc([C@@H](C)NC(=O)CN(Cc2ccc(Cl)cc2)S(=O)(=O)c2ccc(Br)cc2)cc1. The molecule has 0 unspecified atom stereocenters. The van der Waals surface area contributed by atoms with Crippen molar-refractivity contribution in [3.63, 3.8) is 0 Å². The molecule has 0 heterocycles. The fourth-order valence-corrected chi connectivity index (χ4v) is 4.97. The van der Waals surface area contributed by atoms with E-state index < -0.39 is 15.9 Å². The maximum absolute atomic E-state index is 13.4. The van der Waals surface area contributed by atoms with Crippen molar-refractivity contribution < 1.29 is 17.9 Å². The van der Waals surface area contributed by atoms with E-state index in [1.807, 2.05) is 31.2 Å². The zero-order valence-electron chi connectivity index (χ0n) is 18.2. The highest BCUT2D eigenvalue weighted by molar-refractivity contribution is 9.10. The van der Waals surface area contributed by atoms with Crippen molar-refractivity contribution in [1.29, 1.82) is 0 Å². The van der Waals surface area contributed by atoms with Crippen LogP contribution in [0.1, 0.15) is 24.1 Å². The number of sulfonamides is 1. The van der Waals surface area contributed by atoms with Crippen molar-refractivity contribution >= 4 is 43.5 Å². The molecule has 6 nitrogen and oxygen atoms in total. The highest BCUT2D eigenvalue weighted by atomic mass is 79.9. The van der Waals surface area contributed by atoms with Crippen molar-refractivity contribution in [3.8, 4) is 5.75 Å². The first kappa shape index (κ1) is 25.2. The topological polar surface area (TPSA) is 75.7 Å². The molecule has 0 radical (unpaired) electrons. The third-order valence-electron chi connectivity index (χ3n) is 5.04. The Morgan fingerprint density at radius 2 is 1.64 bits per heavy atom. The van der Waals surface area contributed by atoms with Gasteiger partial charge in [-0.3, -0.25) is 4.79 Å². The molecule has 0 spiro atoms. The van der Waals surface area contributed by atoms with Gasteiger partial charge < -0.3 is 10.1 Å². The highest BCUT2D eigenvalue weighted by Gasteiger charge is 2.27. The van der Waals surface area contributed by atoms with Crippen LogP contribution in [0.4, 0.5) is 0 Å². The maximum Gasteiger partial charge on any atom is 0.243 e. The van der Waals surface area contributed by atoms with Crippen LogP contribution >= 0.6 is 27.5 Å². The second-order valence-electron chi connectivity index (χ2n) is 7.42. The van der Waals surface area contributed by atoms with E-state index in [1.54, 1.807) is 43.5 Å². The lowest BCUT2D eigenvalue weighted by Gasteiger charge is -2.23. The number of amides is 1. The van der Waals surface area contributed by atoms with Crippen LogP contribution in [0.15, 0.2) is 82.2 Å². The molecule has 1 atom stereocenters. The summed E-state index contributed by atoms with van der Waals surface area (Å²) in [6, 6.07) is 20.2. The fraction of sp³-hybridized carbons (Fsp3) is 0.208. The number of ether oxygens (including phenoxy) is 1. The number of benzene rings is 3. The van der Waals surface area contributed by atoms with E-state index in [0.29, 0.717) is 10.8 Å². The highest BCUT2D eigenvalue weighted by Crippen LogP contribution is 2.22. The largest absolute Gasteiger partial charge is 0.497 e. The summed E-state index contributed by atoms with van der Waals surface area (Å²) >= 11 is 9.27. The van der Waals surface area contributed by atoms with Gasteiger partial charge in [-0.15, -0.1) is 0 Å². The molecule has 33 heavy (non-hydrogen) atoms. The third-order valence-corrected chi connectivity index (χ3v) is 7.62. The van der Waals surface area contributed by atoms with Gasteiger partial charge in [0.15, 0.2) is 0 Å². The van der Waals surface area contributed by atoms with E-state index >= 15 is 0 Å². The van der Waals surface area contributed by atoms with Crippen LogP contribution in [0, 0.1) is 0 Å². The number of halogens is 2. The minimum absolute atomic E-state index is 0.0277. The summed E-state index contributed by atoms with van der Waals surface area (Å²) < 4.78 is 33.8. The number of hydrogen-bond donors (Lipinski definition) is 1. The molecule has 0 saturated heterocycles. The summed E-state index contributed by atoms with van der Waals surface area (Å²) in [4.78, 5) is 13.0. The van der Waals surface area contributed by atoms with E-state index in [2.05, 4.69) is 21.2 Å². The van der Waals surface area contributed by atoms with Crippen molar-refractivity contribution in [2.24, 2.45) is 0 Å². The lowest BCUT2D eigenvalue weighted by atomic mass is 10.1. The number of rotatable bonds is 9. The Bertz CT molecular complexity index is 1180. The molecule has 9 heteroatoms. The average Bonchev–Trinajstić information content (AvgIpc) is 2.80. The predicted octanol–water partition coefficient (Wildman–Crippen LogP) is 5.18. The lowest BCUT2D eigenvalue weighted by Crippen LogP contribution is -2.41. The molecule has 0 aromatic heterocycles. The fourth-order valence-electron chi connectivity index (χ4n) is 3.20. The number of carbonyl (C=O) groups is 1. The van der Waals surface area contributed by atoms with Crippen molar-refractivity contribution in [1.82, 2.24) is 9.62 Å². The molecule has 0 aliphatic carbocycles. The van der Waals surface area contributed by atoms with Gasteiger partial charge in [-0.05, 0) is 66.6 Å². The number of hydrogen-bond acceptors (Lipinski definition) is 4. The van der Waals surface area contributed by atoms with Gasteiger partial charge in [0.1, 0.15) is 5.75 Å². The smallest absolute Gasteiger partial charge is 0.243 e. The summed E-state index contributed by atoms with van der Waals surface area (Å²) in [6.07, 6.45) is 0. The second kappa shape index (κ2) is 11.2. The molecule has 174 valence electrons. The number of methoxy groups -OCH3 is 1. The third kappa shape index (κ3) is 6.80. The van der Waals surface area contributed by atoms with Gasteiger partial charge in [-0.1, -0.05) is 51.8 Å². The zero-order valence-corrected chi connectivity index (χ0v) is 21.3. The van der Waals surface area contributed by atoms with Crippen LogP contribution in [0.3, 0.4) is 0 Å². The predicted molar refractivity (Wildman–Crippen MR) is 133 cm³/mol. The Morgan fingerprint density at radius 1 is 1.03 bits per heavy atom. The van der Waals surface area contributed by atoms with E-state index in [9.17, 15) is 13.2 Å². The molecule has 1 N–H and O–H groups in total. The molecular weight excluding hydrogens is 528 g/mol. The Labute approximate surface area is 207 Å². The Morgan fingerprint density at radius 3 is 2.21 bits per heavy atom. The van der Waals surface area contributed by atoms with Crippen molar-refractivity contribution in [2.45, 2.75) is 24.4 Å². The average molecular weight is 552 g/mol. The van der Waals surface area contributed by atoms with E-state index in [0.717, 1.165) is 19.9 Å². The number of carbonyl (C=O) groups excluding carboxylic acids is 1. The molecular formula is C24H24BrClN2O4S. The van der Waals surface area contributed by atoms with Gasteiger partial charge in [0, 0.05) is 16.0 Å². The van der Waals surface area contributed by atoms with Crippen LogP contribution in [-0.2, 0) is 21.4 Å². The maximum atomic E-state index is 13.4. The first-order chi connectivity index (χ1) is 15.7. The summed E-state index contributed by atoms with van der Waals surface area (Å²) in [7, 11) is -2.34. The minimum atomic E-state index is -3.93. The van der Waals surface area contributed by atoms with Crippen LogP contribution in [0.2, 0.25) is 5.02 Å².